The number of nitrogens with one attached hydrogen (secondary N) is 1. The van der Waals surface area contributed by atoms with E-state index in [0.717, 1.165) is 56.6 Å². The van der Waals surface area contributed by atoms with Crippen molar-refractivity contribution in [1.82, 2.24) is 15.1 Å². The van der Waals surface area contributed by atoms with Crippen LogP contribution in [0.1, 0.15) is 37.7 Å². The Morgan fingerprint density at radius 1 is 1.17 bits per heavy atom. The van der Waals surface area contributed by atoms with Crippen LogP contribution < -0.4 is 10.2 Å². The smallest absolute Gasteiger partial charge is 0.227 e. The highest BCUT2D eigenvalue weighted by Crippen LogP contribution is 2.28. The van der Waals surface area contributed by atoms with Crippen LogP contribution in [-0.4, -0.2) is 74.5 Å². The molecule has 0 saturated carbocycles. The quantitative estimate of drug-likeness (QED) is 0.455. The zero-order valence-electron chi connectivity index (χ0n) is 17.8. The number of hydrogen-bond acceptors (Lipinski definition) is 3. The van der Waals surface area contributed by atoms with Gasteiger partial charge in [-0.05, 0) is 62.7 Å². The Balaban J connectivity index is 1.17. The maximum Gasteiger partial charge on any atom is 0.227 e. The molecule has 4 rings (SSSR count). The number of para-hydroxylation sites is 1. The molecule has 0 radical (unpaired) electrons. The van der Waals surface area contributed by atoms with Gasteiger partial charge in [-0.2, -0.15) is 0 Å². The number of anilines is 1. The number of hydrogen-bond donors (Lipinski definition) is 1. The lowest BCUT2D eigenvalue weighted by molar-refractivity contribution is -0.118. The SMILES string of the molecule is CN=C(NCCCC(=O)N1CCc2ccccc21)N1CCC(CN2CCCC2)C1. The number of aliphatic imine (C=N–C) groups is 1. The fourth-order valence-electron chi connectivity index (χ4n) is 5.01. The highest BCUT2D eigenvalue weighted by molar-refractivity contribution is 5.95. The van der Waals surface area contributed by atoms with Gasteiger partial charge in [0.25, 0.3) is 0 Å². The fourth-order valence-corrected chi connectivity index (χ4v) is 5.01. The molecule has 6 heteroatoms. The molecule has 0 bridgehead atoms. The van der Waals surface area contributed by atoms with Crippen molar-refractivity contribution in [3.05, 3.63) is 29.8 Å². The van der Waals surface area contributed by atoms with Crippen molar-refractivity contribution in [2.75, 3.05) is 57.8 Å². The monoisotopic (exact) mass is 397 g/mol. The number of amides is 1. The van der Waals surface area contributed by atoms with Gasteiger partial charge >= 0.3 is 0 Å². The summed E-state index contributed by atoms with van der Waals surface area (Å²) in [4.78, 5) is 24.1. The summed E-state index contributed by atoms with van der Waals surface area (Å²) in [7, 11) is 1.86. The normalized spacial score (nSPS) is 22.4. The van der Waals surface area contributed by atoms with E-state index in [4.69, 9.17) is 0 Å². The lowest BCUT2D eigenvalue weighted by Crippen LogP contribution is -2.41. The van der Waals surface area contributed by atoms with Crippen LogP contribution in [0.5, 0.6) is 0 Å². The largest absolute Gasteiger partial charge is 0.356 e. The van der Waals surface area contributed by atoms with Crippen LogP contribution >= 0.6 is 0 Å². The summed E-state index contributed by atoms with van der Waals surface area (Å²) >= 11 is 0. The van der Waals surface area contributed by atoms with Gasteiger partial charge in [0.2, 0.25) is 5.91 Å². The van der Waals surface area contributed by atoms with Gasteiger partial charge in [0.15, 0.2) is 5.96 Å². The predicted molar refractivity (Wildman–Crippen MR) is 118 cm³/mol. The van der Waals surface area contributed by atoms with Gasteiger partial charge in [0.1, 0.15) is 0 Å². The van der Waals surface area contributed by atoms with Crippen LogP contribution in [0.4, 0.5) is 5.69 Å². The van der Waals surface area contributed by atoms with E-state index in [0.29, 0.717) is 6.42 Å². The molecule has 3 aliphatic rings. The summed E-state index contributed by atoms with van der Waals surface area (Å²) in [6, 6.07) is 8.26. The standard InChI is InChI=1S/C23H35N5O/c1-24-23(27-15-10-19(18-27)17-26-13-4-5-14-26)25-12-6-9-22(29)28-16-11-20-7-2-3-8-21(20)28/h2-3,7-8,19H,4-6,9-18H2,1H3,(H,24,25). The van der Waals surface area contributed by atoms with E-state index in [9.17, 15) is 4.79 Å². The van der Waals surface area contributed by atoms with E-state index in [2.05, 4.69) is 38.3 Å². The second-order valence-corrected chi connectivity index (χ2v) is 8.61. The summed E-state index contributed by atoms with van der Waals surface area (Å²) in [6.07, 6.45) is 6.37. The molecule has 0 aliphatic carbocycles. The molecular weight excluding hydrogens is 362 g/mol. The van der Waals surface area contributed by atoms with Gasteiger partial charge in [-0.25, -0.2) is 0 Å². The Labute approximate surface area is 175 Å². The van der Waals surface area contributed by atoms with E-state index in [-0.39, 0.29) is 5.91 Å². The fraction of sp³-hybridized carbons (Fsp3) is 0.652. The van der Waals surface area contributed by atoms with Gasteiger partial charge in [-0.15, -0.1) is 0 Å². The summed E-state index contributed by atoms with van der Waals surface area (Å²) in [5, 5.41) is 3.48. The third-order valence-electron chi connectivity index (χ3n) is 6.55. The van der Waals surface area contributed by atoms with E-state index in [1.807, 2.05) is 18.0 Å². The van der Waals surface area contributed by atoms with Crippen molar-refractivity contribution < 1.29 is 4.79 Å². The van der Waals surface area contributed by atoms with Crippen molar-refractivity contribution in [2.24, 2.45) is 10.9 Å². The molecule has 3 heterocycles. The number of guanidine groups is 1. The van der Waals surface area contributed by atoms with Crippen molar-refractivity contribution in [3.63, 3.8) is 0 Å². The van der Waals surface area contributed by atoms with Crippen LogP contribution in [0.15, 0.2) is 29.3 Å². The van der Waals surface area contributed by atoms with Gasteiger partial charge < -0.3 is 20.0 Å². The number of rotatable bonds is 6. The van der Waals surface area contributed by atoms with Crippen molar-refractivity contribution in [1.29, 1.82) is 0 Å². The molecule has 1 aromatic rings. The first-order valence-corrected chi connectivity index (χ1v) is 11.3. The molecule has 1 amide bonds. The van der Waals surface area contributed by atoms with Crippen molar-refractivity contribution >= 4 is 17.6 Å². The first kappa shape index (κ1) is 20.2. The van der Waals surface area contributed by atoms with Crippen molar-refractivity contribution in [3.8, 4) is 0 Å². The molecule has 29 heavy (non-hydrogen) atoms. The minimum absolute atomic E-state index is 0.235. The molecule has 1 N–H and O–H groups in total. The van der Waals surface area contributed by atoms with Crippen LogP contribution in [0, 0.1) is 5.92 Å². The Kier molecular flexibility index (Phi) is 6.70. The summed E-state index contributed by atoms with van der Waals surface area (Å²) in [5.41, 5.74) is 2.39. The average Bonchev–Trinajstić information content (AvgIpc) is 3.49. The molecule has 3 aliphatic heterocycles. The van der Waals surface area contributed by atoms with Crippen LogP contribution in [0.3, 0.4) is 0 Å². The third kappa shape index (κ3) is 4.92. The summed E-state index contributed by atoms with van der Waals surface area (Å²) in [6.45, 7) is 7.58. The Bertz CT molecular complexity index is 728. The molecule has 2 fully saturated rings. The number of fused-ring (bicyclic) bond motifs is 1. The first-order valence-electron chi connectivity index (χ1n) is 11.3. The van der Waals surface area contributed by atoms with Crippen LogP contribution in [0.2, 0.25) is 0 Å². The Hall–Kier alpha value is -2.08. The highest BCUT2D eigenvalue weighted by Gasteiger charge is 2.27. The van der Waals surface area contributed by atoms with E-state index >= 15 is 0 Å². The van der Waals surface area contributed by atoms with E-state index in [1.165, 1.54) is 44.5 Å². The Morgan fingerprint density at radius 3 is 2.83 bits per heavy atom. The molecule has 158 valence electrons. The van der Waals surface area contributed by atoms with Gasteiger partial charge in [0.05, 0.1) is 0 Å². The maximum atomic E-state index is 12.6. The molecular formula is C23H35N5O. The first-order chi connectivity index (χ1) is 14.2. The number of nitrogens with zero attached hydrogens (tertiary/aromatic N) is 4. The molecule has 1 atom stereocenters. The predicted octanol–water partition coefficient (Wildman–Crippen LogP) is 2.35. The minimum Gasteiger partial charge on any atom is -0.356 e. The molecule has 1 aromatic carbocycles. The summed E-state index contributed by atoms with van der Waals surface area (Å²) < 4.78 is 0. The van der Waals surface area contributed by atoms with Gasteiger partial charge in [-0.1, -0.05) is 18.2 Å². The van der Waals surface area contributed by atoms with Gasteiger partial charge in [0, 0.05) is 51.9 Å². The number of carbonyl (C=O) groups is 1. The number of likely N-dealkylation sites (tertiary alicyclic amines) is 2. The second-order valence-electron chi connectivity index (χ2n) is 8.61. The maximum absolute atomic E-state index is 12.6. The topological polar surface area (TPSA) is 51.2 Å². The Morgan fingerprint density at radius 2 is 2.00 bits per heavy atom. The lowest BCUT2D eigenvalue weighted by atomic mass is 10.1. The molecule has 6 nitrogen and oxygen atoms in total. The van der Waals surface area contributed by atoms with E-state index < -0.39 is 0 Å². The summed E-state index contributed by atoms with van der Waals surface area (Å²) in [5.74, 6) is 1.98. The molecule has 2 saturated heterocycles. The number of benzene rings is 1. The zero-order valence-corrected chi connectivity index (χ0v) is 17.8. The lowest BCUT2D eigenvalue weighted by Gasteiger charge is -2.23. The number of carbonyl (C=O) groups excluding carboxylic acids is 1. The molecule has 1 unspecified atom stereocenters. The molecule has 0 aromatic heterocycles. The minimum atomic E-state index is 0.235. The molecule has 0 spiro atoms. The van der Waals surface area contributed by atoms with Crippen LogP contribution in [0.25, 0.3) is 0 Å². The van der Waals surface area contributed by atoms with Gasteiger partial charge in [-0.3, -0.25) is 9.79 Å². The highest BCUT2D eigenvalue weighted by atomic mass is 16.2. The average molecular weight is 398 g/mol. The van der Waals surface area contributed by atoms with Crippen molar-refractivity contribution in [2.45, 2.75) is 38.5 Å². The van der Waals surface area contributed by atoms with E-state index in [1.54, 1.807) is 0 Å². The zero-order chi connectivity index (χ0) is 20.1. The van der Waals surface area contributed by atoms with Crippen LogP contribution in [-0.2, 0) is 11.2 Å². The second kappa shape index (κ2) is 9.61. The third-order valence-corrected chi connectivity index (χ3v) is 6.55.